The zero-order chi connectivity index (χ0) is 10.5. The van der Waals surface area contributed by atoms with Gasteiger partial charge in [0.25, 0.3) is 0 Å². The van der Waals surface area contributed by atoms with Gasteiger partial charge in [-0.3, -0.25) is 0 Å². The first-order valence-corrected chi connectivity index (χ1v) is 8.39. The van der Waals surface area contributed by atoms with Gasteiger partial charge in [-0.05, 0) is 13.3 Å². The maximum atomic E-state index is 10.8. The molecule has 92 valence electrons. The Balaban J connectivity index is -0.000000720. The highest BCUT2D eigenvalue weighted by atomic mass is 35.5. The van der Waals surface area contributed by atoms with E-state index in [1.807, 2.05) is 6.92 Å². The Bertz CT molecular complexity index is 192. The lowest BCUT2D eigenvalue weighted by molar-refractivity contribution is -0.142. The second-order valence-electron chi connectivity index (χ2n) is 4.55. The fraction of sp³-hybridized carbons (Fsp3) is 0.700. The highest BCUT2D eigenvalue weighted by Gasteiger charge is 2.15. The molecule has 0 aliphatic rings. The molecule has 0 radical (unpaired) electrons. The molecule has 0 spiro atoms. The van der Waals surface area contributed by atoms with Gasteiger partial charge in [0.2, 0.25) is 0 Å². The maximum Gasteiger partial charge on any atom is 0.330 e. The standard InChI is InChI=1S/C10H20O2Si.ClH.H3N/c1-6-10(11)12-9(2)7-8-13(3,4)5;;/h6,9H,1,7-8H2,2-5H3;1H;1H3. The number of hydrogen-bond acceptors (Lipinski definition) is 3. The zero-order valence-corrected chi connectivity index (χ0v) is 12.0. The smallest absolute Gasteiger partial charge is 0.330 e. The summed E-state index contributed by atoms with van der Waals surface area (Å²) in [7, 11) is -0.998. The third kappa shape index (κ3) is 13.7. The molecule has 0 saturated carbocycles. The molecular formula is C10H24ClNO2Si. The summed E-state index contributed by atoms with van der Waals surface area (Å²) < 4.78 is 5.06. The Morgan fingerprint density at radius 3 is 2.27 bits per heavy atom. The molecule has 0 amide bonds. The second kappa shape index (κ2) is 8.94. The molecule has 3 nitrogen and oxygen atoms in total. The van der Waals surface area contributed by atoms with Crippen LogP contribution in [0.4, 0.5) is 0 Å². The van der Waals surface area contributed by atoms with Gasteiger partial charge in [0, 0.05) is 14.1 Å². The van der Waals surface area contributed by atoms with E-state index in [1.165, 1.54) is 12.1 Å². The summed E-state index contributed by atoms with van der Waals surface area (Å²) in [5.74, 6) is -0.317. The SMILES string of the molecule is C=CC(=O)OC(C)CC[Si](C)(C)C.Cl.N. The van der Waals surface area contributed by atoms with Crippen molar-refractivity contribution in [3.8, 4) is 0 Å². The molecule has 0 heterocycles. The minimum Gasteiger partial charge on any atom is -0.460 e. The third-order valence-corrected chi connectivity index (χ3v) is 3.57. The van der Waals surface area contributed by atoms with Crippen molar-refractivity contribution in [2.24, 2.45) is 0 Å². The molecule has 0 fully saturated rings. The Morgan fingerprint density at radius 2 is 1.93 bits per heavy atom. The summed E-state index contributed by atoms with van der Waals surface area (Å²) in [6.07, 6.45) is 2.21. The van der Waals surface area contributed by atoms with E-state index < -0.39 is 8.07 Å². The van der Waals surface area contributed by atoms with E-state index in [9.17, 15) is 4.79 Å². The largest absolute Gasteiger partial charge is 0.460 e. The van der Waals surface area contributed by atoms with Crippen molar-refractivity contribution in [1.29, 1.82) is 0 Å². The van der Waals surface area contributed by atoms with Gasteiger partial charge in [-0.2, -0.15) is 0 Å². The highest BCUT2D eigenvalue weighted by Crippen LogP contribution is 2.14. The lowest BCUT2D eigenvalue weighted by Gasteiger charge is -2.18. The van der Waals surface area contributed by atoms with Gasteiger partial charge in [-0.1, -0.05) is 32.3 Å². The van der Waals surface area contributed by atoms with Crippen molar-refractivity contribution in [3.05, 3.63) is 12.7 Å². The number of carbonyl (C=O) groups excluding carboxylic acids is 1. The van der Waals surface area contributed by atoms with Crippen LogP contribution < -0.4 is 6.15 Å². The lowest BCUT2D eigenvalue weighted by Crippen LogP contribution is -2.23. The van der Waals surface area contributed by atoms with Crippen LogP contribution in [0.5, 0.6) is 0 Å². The number of ether oxygens (including phenoxy) is 1. The summed E-state index contributed by atoms with van der Waals surface area (Å²) in [5, 5.41) is 0. The van der Waals surface area contributed by atoms with Crippen LogP contribution in [0.3, 0.4) is 0 Å². The van der Waals surface area contributed by atoms with Crippen molar-refractivity contribution in [2.45, 2.75) is 45.1 Å². The summed E-state index contributed by atoms with van der Waals surface area (Å²) >= 11 is 0. The topological polar surface area (TPSA) is 61.3 Å². The molecule has 0 rings (SSSR count). The van der Waals surface area contributed by atoms with Crippen molar-refractivity contribution in [3.63, 3.8) is 0 Å². The monoisotopic (exact) mass is 253 g/mol. The van der Waals surface area contributed by atoms with Gasteiger partial charge < -0.3 is 10.9 Å². The van der Waals surface area contributed by atoms with Gasteiger partial charge in [0.15, 0.2) is 0 Å². The van der Waals surface area contributed by atoms with E-state index in [-0.39, 0.29) is 30.6 Å². The number of halogens is 1. The van der Waals surface area contributed by atoms with Gasteiger partial charge in [0.05, 0.1) is 6.10 Å². The molecule has 1 unspecified atom stereocenters. The predicted molar refractivity (Wildman–Crippen MR) is 70.8 cm³/mol. The third-order valence-electron chi connectivity index (χ3n) is 1.78. The number of hydrogen-bond donors (Lipinski definition) is 1. The summed E-state index contributed by atoms with van der Waals surface area (Å²) in [5.41, 5.74) is 0. The minimum atomic E-state index is -0.998. The van der Waals surface area contributed by atoms with Gasteiger partial charge in [0.1, 0.15) is 0 Å². The quantitative estimate of drug-likeness (QED) is 0.464. The first-order chi connectivity index (χ1) is 5.85. The van der Waals surface area contributed by atoms with Crippen LogP contribution >= 0.6 is 12.4 Å². The van der Waals surface area contributed by atoms with E-state index >= 15 is 0 Å². The number of esters is 1. The molecule has 0 aliphatic heterocycles. The van der Waals surface area contributed by atoms with Gasteiger partial charge in [-0.25, -0.2) is 4.79 Å². The van der Waals surface area contributed by atoms with Crippen molar-refractivity contribution in [1.82, 2.24) is 6.15 Å². The Kier molecular flexibility index (Phi) is 12.0. The second-order valence-corrected chi connectivity index (χ2v) is 10.2. The average molecular weight is 254 g/mol. The van der Waals surface area contributed by atoms with Crippen molar-refractivity contribution >= 4 is 26.5 Å². The minimum absolute atomic E-state index is 0. The molecule has 0 saturated heterocycles. The van der Waals surface area contributed by atoms with Crippen LogP contribution in [-0.4, -0.2) is 20.1 Å². The van der Waals surface area contributed by atoms with E-state index in [0.29, 0.717) is 0 Å². The van der Waals surface area contributed by atoms with Gasteiger partial charge in [-0.15, -0.1) is 12.4 Å². The van der Waals surface area contributed by atoms with E-state index in [2.05, 4.69) is 26.2 Å². The molecule has 5 heteroatoms. The fourth-order valence-electron chi connectivity index (χ4n) is 0.942. The van der Waals surface area contributed by atoms with Gasteiger partial charge >= 0.3 is 5.97 Å². The van der Waals surface area contributed by atoms with E-state index in [0.717, 1.165) is 6.42 Å². The van der Waals surface area contributed by atoms with Crippen LogP contribution in [0.1, 0.15) is 13.3 Å². The van der Waals surface area contributed by atoms with Crippen LogP contribution in [-0.2, 0) is 9.53 Å². The Morgan fingerprint density at radius 1 is 1.47 bits per heavy atom. The zero-order valence-electron chi connectivity index (χ0n) is 10.2. The molecule has 3 N–H and O–H groups in total. The van der Waals surface area contributed by atoms with Crippen LogP contribution in [0.25, 0.3) is 0 Å². The molecule has 0 aromatic heterocycles. The van der Waals surface area contributed by atoms with Crippen molar-refractivity contribution in [2.75, 3.05) is 0 Å². The Labute approximate surface area is 100 Å². The van der Waals surface area contributed by atoms with E-state index in [4.69, 9.17) is 4.74 Å². The molecule has 0 aliphatic carbocycles. The van der Waals surface area contributed by atoms with Crippen LogP contribution in [0.2, 0.25) is 25.7 Å². The predicted octanol–water partition coefficient (Wildman–Crippen LogP) is 3.42. The fourth-order valence-corrected chi connectivity index (χ4v) is 2.21. The molecule has 0 aromatic carbocycles. The van der Waals surface area contributed by atoms with Crippen LogP contribution in [0.15, 0.2) is 12.7 Å². The lowest BCUT2D eigenvalue weighted by atomic mass is 10.3. The number of rotatable bonds is 5. The van der Waals surface area contributed by atoms with Crippen molar-refractivity contribution < 1.29 is 9.53 Å². The van der Waals surface area contributed by atoms with E-state index in [1.54, 1.807) is 0 Å². The first kappa shape index (κ1) is 20.1. The molecule has 15 heavy (non-hydrogen) atoms. The van der Waals surface area contributed by atoms with Crippen LogP contribution in [0, 0.1) is 0 Å². The molecule has 0 aromatic rings. The summed E-state index contributed by atoms with van der Waals surface area (Å²) in [6, 6.07) is 1.19. The summed E-state index contributed by atoms with van der Waals surface area (Å²) in [4.78, 5) is 10.8. The Hall–Kier alpha value is -0.323. The normalized spacial score (nSPS) is 11.7. The maximum absolute atomic E-state index is 10.8. The average Bonchev–Trinajstić information content (AvgIpc) is 1.99. The first-order valence-electron chi connectivity index (χ1n) is 4.68. The molecule has 0 bridgehead atoms. The highest BCUT2D eigenvalue weighted by molar-refractivity contribution is 6.76. The molecular weight excluding hydrogens is 230 g/mol. The number of carbonyl (C=O) groups is 1. The molecule has 1 atom stereocenters. The summed E-state index contributed by atoms with van der Waals surface area (Å²) in [6.45, 7) is 12.2.